The Morgan fingerprint density at radius 1 is 1.47 bits per heavy atom. The average molecular weight is 257 g/mol. The Morgan fingerprint density at radius 3 is 2.71 bits per heavy atom. The van der Waals surface area contributed by atoms with E-state index in [1.165, 1.54) is 17.8 Å². The summed E-state index contributed by atoms with van der Waals surface area (Å²) >= 11 is 1.48. The maximum absolute atomic E-state index is 12.9. The molecule has 1 rings (SSSR count). The largest absolute Gasteiger partial charge is 0.506 e. The Morgan fingerprint density at radius 2 is 2.12 bits per heavy atom. The van der Waals surface area contributed by atoms with Crippen molar-refractivity contribution in [1.29, 1.82) is 0 Å². The van der Waals surface area contributed by atoms with Gasteiger partial charge in [-0.2, -0.15) is 0 Å². The number of rotatable bonds is 3. The molecule has 3 nitrogen and oxygen atoms in total. The number of anilines is 1. The second-order valence-corrected chi connectivity index (χ2v) is 6.41. The van der Waals surface area contributed by atoms with Gasteiger partial charge in [0.2, 0.25) is 5.91 Å². The summed E-state index contributed by atoms with van der Waals surface area (Å²) in [5, 5.41) is 11.9. The summed E-state index contributed by atoms with van der Waals surface area (Å²) in [5.41, 5.74) is 0.101. The zero-order valence-corrected chi connectivity index (χ0v) is 10.9. The first-order valence-corrected chi connectivity index (χ1v) is 6.19. The Balaban J connectivity index is 2.59. The standard InChI is InChI=1S/C12H16FNO2S/c1-12(2,3)17-7-11(16)14-9-6-8(13)4-5-10(9)15/h4-6,15H,7H2,1-3H3,(H,14,16). The predicted molar refractivity (Wildman–Crippen MR) is 68.9 cm³/mol. The number of nitrogens with one attached hydrogen (secondary N) is 1. The van der Waals surface area contributed by atoms with Gasteiger partial charge in [0.25, 0.3) is 0 Å². The smallest absolute Gasteiger partial charge is 0.234 e. The molecule has 0 bridgehead atoms. The van der Waals surface area contributed by atoms with Gasteiger partial charge in [-0.25, -0.2) is 4.39 Å². The van der Waals surface area contributed by atoms with Crippen LogP contribution in [-0.4, -0.2) is 21.5 Å². The van der Waals surface area contributed by atoms with Crippen LogP contribution in [0, 0.1) is 5.82 Å². The van der Waals surface area contributed by atoms with E-state index in [1.807, 2.05) is 20.8 Å². The molecule has 0 radical (unpaired) electrons. The van der Waals surface area contributed by atoms with Crippen molar-refractivity contribution in [2.75, 3.05) is 11.1 Å². The van der Waals surface area contributed by atoms with Crippen LogP contribution in [0.3, 0.4) is 0 Å². The Hall–Kier alpha value is -1.23. The number of phenolic OH excluding ortho intramolecular Hbond substituents is 1. The summed E-state index contributed by atoms with van der Waals surface area (Å²) in [6.45, 7) is 6.01. The molecule has 0 atom stereocenters. The van der Waals surface area contributed by atoms with Crippen LogP contribution in [0.25, 0.3) is 0 Å². The van der Waals surface area contributed by atoms with Crippen LogP contribution in [-0.2, 0) is 4.79 Å². The first-order chi connectivity index (χ1) is 7.78. The second-order valence-electron chi connectivity index (χ2n) is 4.61. The van der Waals surface area contributed by atoms with Gasteiger partial charge in [0.1, 0.15) is 11.6 Å². The lowest BCUT2D eigenvalue weighted by molar-refractivity contribution is -0.113. The highest BCUT2D eigenvalue weighted by atomic mass is 32.2. The first kappa shape index (κ1) is 13.8. The zero-order chi connectivity index (χ0) is 13.1. The molecule has 2 N–H and O–H groups in total. The van der Waals surface area contributed by atoms with Gasteiger partial charge >= 0.3 is 0 Å². The van der Waals surface area contributed by atoms with E-state index in [1.54, 1.807) is 0 Å². The Bertz CT molecular complexity index is 415. The molecule has 0 spiro atoms. The number of carbonyl (C=O) groups is 1. The quantitative estimate of drug-likeness (QED) is 0.818. The van der Waals surface area contributed by atoms with Gasteiger partial charge in [0, 0.05) is 10.8 Å². The lowest BCUT2D eigenvalue weighted by atomic mass is 10.3. The van der Waals surface area contributed by atoms with Crippen LogP contribution < -0.4 is 5.32 Å². The molecule has 1 aromatic carbocycles. The maximum Gasteiger partial charge on any atom is 0.234 e. The number of amides is 1. The van der Waals surface area contributed by atoms with Crippen molar-refractivity contribution in [3.05, 3.63) is 24.0 Å². The molecule has 1 amide bonds. The van der Waals surface area contributed by atoms with Crippen molar-refractivity contribution < 1.29 is 14.3 Å². The minimum atomic E-state index is -0.499. The molecule has 0 unspecified atom stereocenters. The Labute approximate surface area is 104 Å². The van der Waals surface area contributed by atoms with Gasteiger partial charge in [-0.05, 0) is 12.1 Å². The molecule has 0 saturated heterocycles. The SMILES string of the molecule is CC(C)(C)SCC(=O)Nc1cc(F)ccc1O. The minimum Gasteiger partial charge on any atom is -0.506 e. The number of phenols is 1. The first-order valence-electron chi connectivity index (χ1n) is 5.20. The van der Waals surface area contributed by atoms with Crippen molar-refractivity contribution in [2.24, 2.45) is 0 Å². The molecule has 0 heterocycles. The molecule has 0 aliphatic rings. The highest BCUT2D eigenvalue weighted by molar-refractivity contribution is 8.01. The molecule has 0 aromatic heterocycles. The average Bonchev–Trinajstić information content (AvgIpc) is 2.20. The van der Waals surface area contributed by atoms with Crippen molar-refractivity contribution in [3.8, 4) is 5.75 Å². The van der Waals surface area contributed by atoms with Crippen molar-refractivity contribution >= 4 is 23.4 Å². The summed E-state index contributed by atoms with van der Waals surface area (Å²) in [5.74, 6) is -0.632. The number of aromatic hydroxyl groups is 1. The van der Waals surface area contributed by atoms with E-state index in [0.717, 1.165) is 12.1 Å². The van der Waals surface area contributed by atoms with Gasteiger partial charge in [-0.1, -0.05) is 20.8 Å². The zero-order valence-electron chi connectivity index (χ0n) is 10.1. The van der Waals surface area contributed by atoms with Gasteiger partial charge < -0.3 is 10.4 Å². The normalized spacial score (nSPS) is 11.3. The molecule has 94 valence electrons. The summed E-state index contributed by atoms with van der Waals surface area (Å²) in [6, 6.07) is 3.44. The molecular formula is C12H16FNO2S. The molecule has 1 aromatic rings. The lowest BCUT2D eigenvalue weighted by Gasteiger charge is -2.17. The van der Waals surface area contributed by atoms with Crippen molar-refractivity contribution in [3.63, 3.8) is 0 Å². The number of benzene rings is 1. The molecule has 0 fully saturated rings. The molecule has 0 aliphatic heterocycles. The van der Waals surface area contributed by atoms with E-state index in [9.17, 15) is 14.3 Å². The highest BCUT2D eigenvalue weighted by Gasteiger charge is 2.14. The van der Waals surface area contributed by atoms with E-state index in [4.69, 9.17) is 0 Å². The van der Waals surface area contributed by atoms with Crippen LogP contribution >= 0.6 is 11.8 Å². The topological polar surface area (TPSA) is 49.3 Å². The fourth-order valence-electron chi connectivity index (χ4n) is 1.08. The van der Waals surface area contributed by atoms with Crippen LogP contribution in [0.5, 0.6) is 5.75 Å². The summed E-state index contributed by atoms with van der Waals surface area (Å²) in [4.78, 5) is 11.6. The number of carbonyl (C=O) groups excluding carboxylic acids is 1. The van der Waals surface area contributed by atoms with Crippen molar-refractivity contribution in [1.82, 2.24) is 0 Å². The molecule has 0 saturated carbocycles. The third kappa shape index (κ3) is 5.08. The third-order valence-electron chi connectivity index (χ3n) is 1.87. The number of halogens is 1. The summed E-state index contributed by atoms with van der Waals surface area (Å²) in [6.07, 6.45) is 0. The third-order valence-corrected chi connectivity index (χ3v) is 3.14. The lowest BCUT2D eigenvalue weighted by Crippen LogP contribution is -2.19. The fraction of sp³-hybridized carbons (Fsp3) is 0.417. The molecular weight excluding hydrogens is 241 g/mol. The van der Waals surface area contributed by atoms with E-state index >= 15 is 0 Å². The van der Waals surface area contributed by atoms with Crippen molar-refractivity contribution in [2.45, 2.75) is 25.5 Å². The number of hydrogen-bond donors (Lipinski definition) is 2. The molecule has 5 heteroatoms. The maximum atomic E-state index is 12.9. The highest BCUT2D eigenvalue weighted by Crippen LogP contribution is 2.26. The van der Waals surface area contributed by atoms with Crippen LogP contribution in [0.4, 0.5) is 10.1 Å². The van der Waals surface area contributed by atoms with Gasteiger partial charge in [0.15, 0.2) is 0 Å². The fourth-order valence-corrected chi connectivity index (χ4v) is 1.71. The van der Waals surface area contributed by atoms with Gasteiger partial charge in [-0.3, -0.25) is 4.79 Å². The Kier molecular flexibility index (Phi) is 4.40. The number of thioether (sulfide) groups is 1. The molecule has 0 aliphatic carbocycles. The van der Waals surface area contributed by atoms with E-state index in [2.05, 4.69) is 5.32 Å². The van der Waals surface area contributed by atoms with E-state index in [0.29, 0.717) is 0 Å². The monoisotopic (exact) mass is 257 g/mol. The van der Waals surface area contributed by atoms with E-state index in [-0.39, 0.29) is 27.8 Å². The van der Waals surface area contributed by atoms with Gasteiger partial charge in [0.05, 0.1) is 11.4 Å². The second kappa shape index (κ2) is 5.40. The predicted octanol–water partition coefficient (Wildman–Crippen LogP) is 3.00. The van der Waals surface area contributed by atoms with Crippen LogP contribution in [0.15, 0.2) is 18.2 Å². The number of hydrogen-bond acceptors (Lipinski definition) is 3. The van der Waals surface area contributed by atoms with Gasteiger partial charge in [-0.15, -0.1) is 11.8 Å². The summed E-state index contributed by atoms with van der Waals surface area (Å²) in [7, 11) is 0. The van der Waals surface area contributed by atoms with Crippen LogP contribution in [0.2, 0.25) is 0 Å². The van der Waals surface area contributed by atoms with E-state index < -0.39 is 5.82 Å². The minimum absolute atomic E-state index is 0.0126. The summed E-state index contributed by atoms with van der Waals surface area (Å²) < 4.78 is 12.9. The molecule has 17 heavy (non-hydrogen) atoms. The van der Waals surface area contributed by atoms with Crippen LogP contribution in [0.1, 0.15) is 20.8 Å².